The molecule has 10 aliphatic heterocycles. The summed E-state index contributed by atoms with van der Waals surface area (Å²) >= 11 is 18.8. The number of ether oxygens (including phenoxy) is 16. The largest absolute Gasteiger partial charge is 0.491 e. The van der Waals surface area contributed by atoms with Gasteiger partial charge in [-0.1, -0.05) is 23.9 Å². The van der Waals surface area contributed by atoms with Crippen LogP contribution < -0.4 is 56.8 Å². The predicted molar refractivity (Wildman–Crippen MR) is 336 cm³/mol. The van der Waals surface area contributed by atoms with Crippen LogP contribution in [0.25, 0.3) is 44.6 Å². The molecule has 0 spiro atoms. The molecule has 0 bridgehead atoms. The minimum atomic E-state index is -0.438. The van der Waals surface area contributed by atoms with E-state index in [0.717, 1.165) is 121 Å². The molecule has 27 heteroatoms. The molecule has 444 valence electrons. The first-order chi connectivity index (χ1) is 42.0. The molecule has 2 saturated heterocycles. The molecule has 85 heavy (non-hydrogen) atoms. The summed E-state index contributed by atoms with van der Waals surface area (Å²) in [6, 6.07) is 0. The molecule has 1 aliphatic carbocycles. The van der Waals surface area contributed by atoms with Crippen molar-refractivity contribution in [1.82, 2.24) is 0 Å². The van der Waals surface area contributed by atoms with Gasteiger partial charge in [0.2, 0.25) is 0 Å². The summed E-state index contributed by atoms with van der Waals surface area (Å²) in [6.45, 7) is 6.71. The van der Waals surface area contributed by atoms with E-state index in [4.69, 9.17) is 75.8 Å². The van der Waals surface area contributed by atoms with Crippen LogP contribution in [0, 0.1) is 0 Å². The predicted octanol–water partition coefficient (Wildman–Crippen LogP) is 13.5. The second-order valence-corrected chi connectivity index (χ2v) is 30.4. The molecule has 0 aromatic carbocycles. The minimum absolute atomic E-state index is 0.166. The molecule has 0 amide bonds. The molecule has 4 unspecified atom stereocenters. The summed E-state index contributed by atoms with van der Waals surface area (Å²) in [7, 11) is 0. The number of carbonyl (C=O) groups excluding carboxylic acids is 1. The summed E-state index contributed by atoms with van der Waals surface area (Å²) < 4.78 is 105. The zero-order chi connectivity index (χ0) is 56.3. The number of hydrogen-bond acceptors (Lipinski definition) is 27. The van der Waals surface area contributed by atoms with E-state index in [0.29, 0.717) is 170 Å². The van der Waals surface area contributed by atoms with Crippen LogP contribution >= 0.6 is 116 Å². The van der Waals surface area contributed by atoms with Gasteiger partial charge in [0.15, 0.2) is 74.1 Å². The molecule has 11 aliphatic rings. The topological polar surface area (TPSA) is 165 Å². The number of thiol groups is 1. The first-order valence-corrected chi connectivity index (χ1v) is 36.4. The third kappa shape index (κ3) is 9.27. The van der Waals surface area contributed by atoms with Crippen LogP contribution in [0.1, 0.15) is 54.1 Å². The van der Waals surface area contributed by atoms with Crippen LogP contribution in [0.3, 0.4) is 0 Å². The van der Waals surface area contributed by atoms with Crippen molar-refractivity contribution in [2.75, 3.05) is 117 Å². The van der Waals surface area contributed by atoms with Crippen LogP contribution in [0.2, 0.25) is 0 Å². The van der Waals surface area contributed by atoms with Gasteiger partial charge >= 0.3 is 0 Å². The highest BCUT2D eigenvalue weighted by Crippen LogP contribution is 2.70. The highest BCUT2D eigenvalue weighted by molar-refractivity contribution is 8.13. The fourth-order valence-corrected chi connectivity index (χ4v) is 23.8. The quantitative estimate of drug-likeness (QED) is 0.0856. The standard InChI is InChI=1S/C58H50O17S10/c59-28(77-21-1-20-76)23-25-2-3-26(22-25)44-30-31(63-7-6-62-30)47(79-44)48-34-35(67-11-10-66-34)51(81-48)52-38-39(71-15-14-70-38)55(83-52)56-42-43(75-19-18-74-42)58(85-56)57-41-40(72-16-17-73-41)54(84-57)53-37-36(68-12-13-69-37)50(82-53)49-33-32(64-8-9-65-33)46(80-49)45-29-27(24-78-45)60-4-5-61-29/h2,22,24,35,40,51,54,76H,1,3-21,23H2. The monoisotopic (exact) mass is 1340 g/mol. The number of thiophene rings is 6. The third-order valence-electron chi connectivity index (χ3n) is 15.3. The zero-order valence-corrected chi connectivity index (χ0v) is 53.2. The second-order valence-electron chi connectivity index (χ2n) is 20.5. The Labute approximate surface area is 529 Å². The lowest BCUT2D eigenvalue weighted by Gasteiger charge is -2.27. The lowest BCUT2D eigenvalue weighted by molar-refractivity contribution is -0.110. The molecule has 17 rings (SSSR count). The smallest absolute Gasteiger partial charge is 0.193 e. The van der Waals surface area contributed by atoms with Crippen molar-refractivity contribution in [3.05, 3.63) is 59.0 Å². The van der Waals surface area contributed by atoms with E-state index in [1.807, 2.05) is 5.38 Å². The molecule has 0 N–H and O–H groups in total. The summed E-state index contributed by atoms with van der Waals surface area (Å²) in [4.78, 5) is 25.0. The van der Waals surface area contributed by atoms with E-state index >= 15 is 0 Å². The highest BCUT2D eigenvalue weighted by Gasteiger charge is 2.51. The van der Waals surface area contributed by atoms with Gasteiger partial charge in [0.1, 0.15) is 116 Å². The van der Waals surface area contributed by atoms with Gasteiger partial charge in [-0.15, -0.1) is 91.5 Å². The molecular formula is C58H50O17S10. The lowest BCUT2D eigenvalue weighted by Crippen LogP contribution is -2.28. The van der Waals surface area contributed by atoms with Gasteiger partial charge in [0.05, 0.1) is 87.2 Å². The Kier molecular flexibility index (Phi) is 14.6. The maximum absolute atomic E-state index is 12.9. The molecule has 17 nitrogen and oxygen atoms in total. The number of fused-ring (bicyclic) bond motifs is 8. The van der Waals surface area contributed by atoms with Gasteiger partial charge in [-0.05, 0) is 29.7 Å². The van der Waals surface area contributed by atoms with Crippen molar-refractivity contribution in [2.45, 2.75) is 42.0 Å². The van der Waals surface area contributed by atoms with E-state index in [2.05, 4.69) is 24.8 Å². The molecule has 6 aromatic rings. The molecule has 0 saturated carbocycles. The summed E-state index contributed by atoms with van der Waals surface area (Å²) in [6.07, 6.45) is 5.42. The van der Waals surface area contributed by atoms with Crippen molar-refractivity contribution < 1.29 is 80.6 Å². The minimum Gasteiger partial charge on any atom is -0.491 e. The Bertz CT molecular complexity index is 3830. The number of thioether (sulfide) groups is 3. The second kappa shape index (κ2) is 22.7. The zero-order valence-electron chi connectivity index (χ0n) is 45.0. The van der Waals surface area contributed by atoms with E-state index in [1.54, 1.807) is 91.5 Å². The summed E-state index contributed by atoms with van der Waals surface area (Å²) in [5.41, 5.74) is 2.13. The molecule has 4 atom stereocenters. The SMILES string of the molecule is O=C(CC1=CCC(c2sc(C3=C4OCCOC4C(c4sc(-c5sc(C6=C7OCCOC7C(c7sc(-c8sc(-c9scc%10c9OCCO%10)c9c8OCCO9)c8c7OCCO8)S6)c6c5OCCO6)c5c4OCCO5)S3)c3c2OCCO3)=C1)SCCCS. The van der Waals surface area contributed by atoms with Gasteiger partial charge in [0.25, 0.3) is 0 Å². The number of hydrogen-bond donors (Lipinski definition) is 1. The molecule has 16 heterocycles. The first kappa shape index (κ1) is 54.5. The van der Waals surface area contributed by atoms with Crippen molar-refractivity contribution >= 4 is 136 Å². The fraction of sp³-hybridized carbons (Fsp3) is 0.431. The van der Waals surface area contributed by atoms with Gasteiger partial charge in [-0.25, -0.2) is 0 Å². The van der Waals surface area contributed by atoms with Crippen LogP contribution in [0.15, 0.2) is 34.6 Å². The first-order valence-electron chi connectivity index (χ1n) is 28.0. The van der Waals surface area contributed by atoms with Gasteiger partial charge < -0.3 is 75.8 Å². The molecule has 0 radical (unpaired) electrons. The van der Waals surface area contributed by atoms with Gasteiger partial charge in [0, 0.05) is 17.6 Å². The third-order valence-corrected chi connectivity index (χ3v) is 27.4. The fourth-order valence-electron chi connectivity index (χ4n) is 11.8. The number of carbonyl (C=O) groups is 1. The van der Waals surface area contributed by atoms with Crippen molar-refractivity contribution in [2.24, 2.45) is 0 Å². The van der Waals surface area contributed by atoms with Crippen LogP contribution in [-0.4, -0.2) is 135 Å². The Morgan fingerprint density at radius 1 is 0.459 bits per heavy atom. The van der Waals surface area contributed by atoms with E-state index in [-0.39, 0.29) is 15.6 Å². The highest BCUT2D eigenvalue weighted by atomic mass is 32.2. The lowest BCUT2D eigenvalue weighted by atomic mass is 10.1. The summed E-state index contributed by atoms with van der Waals surface area (Å²) in [5, 5.41) is 1.64. The van der Waals surface area contributed by atoms with Crippen LogP contribution in [0.4, 0.5) is 0 Å². The van der Waals surface area contributed by atoms with Crippen molar-refractivity contribution in [1.29, 1.82) is 0 Å². The van der Waals surface area contributed by atoms with Crippen LogP contribution in [-0.2, 0) is 23.7 Å². The van der Waals surface area contributed by atoms with E-state index in [9.17, 15) is 4.79 Å². The Morgan fingerprint density at radius 2 is 0.871 bits per heavy atom. The number of allylic oxidation sites excluding steroid dienone is 4. The molecule has 2 fully saturated rings. The van der Waals surface area contributed by atoms with Crippen molar-refractivity contribution in [3.8, 4) is 98.3 Å². The number of rotatable bonds is 13. The summed E-state index contributed by atoms with van der Waals surface area (Å²) in [5.74, 6) is 11.4. The molecular weight excluding hydrogens is 1290 g/mol. The maximum atomic E-state index is 12.9. The van der Waals surface area contributed by atoms with Crippen molar-refractivity contribution in [3.63, 3.8) is 0 Å². The normalized spacial score (nSPS) is 23.1. The Balaban J connectivity index is 0.710. The van der Waals surface area contributed by atoms with Crippen LogP contribution in [0.5, 0.6) is 69.0 Å². The molecule has 6 aromatic heterocycles. The Morgan fingerprint density at radius 3 is 1.40 bits per heavy atom. The van der Waals surface area contributed by atoms with Gasteiger partial charge in [-0.3, -0.25) is 4.79 Å². The average molecular weight is 1340 g/mol. The van der Waals surface area contributed by atoms with E-state index in [1.165, 1.54) is 11.8 Å². The van der Waals surface area contributed by atoms with E-state index < -0.39 is 12.2 Å². The maximum Gasteiger partial charge on any atom is 0.193 e. The Hall–Kier alpha value is -4.65. The van der Waals surface area contributed by atoms with Gasteiger partial charge in [-0.2, -0.15) is 12.6 Å². The average Bonchev–Trinajstić information content (AvgIpc) is 2.29.